The Kier molecular flexibility index (Phi) is 10.3. The van der Waals surface area contributed by atoms with Gasteiger partial charge in [-0.1, -0.05) is 38.1 Å². The molecular weight excluding hydrogens is 547 g/mol. The summed E-state index contributed by atoms with van der Waals surface area (Å²) >= 11 is 0. The van der Waals surface area contributed by atoms with Crippen LogP contribution in [0.1, 0.15) is 44.4 Å². The highest BCUT2D eigenvalue weighted by atomic mass is 19.1. The van der Waals surface area contributed by atoms with Crippen LogP contribution in [0.3, 0.4) is 0 Å². The molecule has 0 spiro atoms. The summed E-state index contributed by atoms with van der Waals surface area (Å²) in [6, 6.07) is 8.29. The lowest BCUT2D eigenvalue weighted by molar-refractivity contribution is -0.151. The number of piperazine rings is 1. The van der Waals surface area contributed by atoms with Gasteiger partial charge in [0.15, 0.2) is 5.82 Å². The zero-order chi connectivity index (χ0) is 30.4. The summed E-state index contributed by atoms with van der Waals surface area (Å²) in [6.07, 6.45) is 3.52. The molecule has 11 heteroatoms. The number of nitrogens with one attached hydrogen (secondary N) is 1. The van der Waals surface area contributed by atoms with Gasteiger partial charge in [-0.2, -0.15) is 0 Å². The number of hydrogen-bond acceptors (Lipinski definition) is 6. The largest absolute Gasteiger partial charge is 0.385 e. The molecule has 1 aromatic heterocycles. The van der Waals surface area contributed by atoms with Crippen LogP contribution in [0, 0.1) is 23.4 Å². The highest BCUT2D eigenvalue weighted by Gasteiger charge is 2.42. The van der Waals surface area contributed by atoms with Gasteiger partial charge >= 0.3 is 0 Å². The minimum Gasteiger partial charge on any atom is -0.385 e. The number of ether oxygens (including phenoxy) is 1. The summed E-state index contributed by atoms with van der Waals surface area (Å²) in [7, 11) is 1.48. The third kappa shape index (κ3) is 7.14. The summed E-state index contributed by atoms with van der Waals surface area (Å²) in [5.41, 5.74) is 1.38. The van der Waals surface area contributed by atoms with Crippen LogP contribution in [0.5, 0.6) is 0 Å². The van der Waals surface area contributed by atoms with Gasteiger partial charge in [-0.15, -0.1) is 0 Å². The van der Waals surface area contributed by atoms with E-state index in [1.165, 1.54) is 7.11 Å². The second-order valence-corrected chi connectivity index (χ2v) is 10.8. The van der Waals surface area contributed by atoms with E-state index in [1.807, 2.05) is 31.2 Å². The van der Waals surface area contributed by atoms with E-state index < -0.39 is 35.6 Å². The maximum atomic E-state index is 15.0. The predicted octanol–water partition coefficient (Wildman–Crippen LogP) is 4.51. The number of methoxy groups -OCH3 is 1. The van der Waals surface area contributed by atoms with Gasteiger partial charge in [0.25, 0.3) is 0 Å². The van der Waals surface area contributed by atoms with Crippen molar-refractivity contribution in [3.63, 3.8) is 0 Å². The second kappa shape index (κ2) is 13.9. The van der Waals surface area contributed by atoms with Crippen LogP contribution < -0.4 is 5.32 Å². The Morgan fingerprint density at radius 3 is 2.29 bits per heavy atom. The molecule has 1 N–H and O–H groups in total. The Labute approximate surface area is 243 Å². The summed E-state index contributed by atoms with van der Waals surface area (Å²) < 4.78 is 48.8. The summed E-state index contributed by atoms with van der Waals surface area (Å²) in [5, 5.41) is 2.93. The molecule has 1 aliphatic heterocycles. The third-order valence-corrected chi connectivity index (χ3v) is 7.43. The molecule has 0 radical (unpaired) electrons. The quantitative estimate of drug-likeness (QED) is 0.378. The lowest BCUT2D eigenvalue weighted by Crippen LogP contribution is -2.65. The molecule has 0 unspecified atom stereocenters. The molecule has 2 heterocycles. The lowest BCUT2D eigenvalue weighted by Gasteiger charge is -2.48. The van der Waals surface area contributed by atoms with Crippen LogP contribution in [-0.4, -0.2) is 70.5 Å². The Morgan fingerprint density at radius 2 is 1.69 bits per heavy atom. The van der Waals surface area contributed by atoms with Gasteiger partial charge in [-0.3, -0.25) is 14.5 Å². The maximum Gasteiger partial charge on any atom is 0.244 e. The van der Waals surface area contributed by atoms with Crippen molar-refractivity contribution in [1.29, 1.82) is 0 Å². The number of amides is 2. The van der Waals surface area contributed by atoms with Crippen molar-refractivity contribution in [2.75, 3.05) is 26.8 Å². The molecule has 1 fully saturated rings. The summed E-state index contributed by atoms with van der Waals surface area (Å²) in [4.78, 5) is 38.8. The number of halogens is 3. The Bertz CT molecular complexity index is 1350. The number of hydrogen-bond donors (Lipinski definition) is 1. The molecule has 8 nitrogen and oxygen atoms in total. The zero-order valence-electron chi connectivity index (χ0n) is 24.2. The van der Waals surface area contributed by atoms with Crippen molar-refractivity contribution < 1.29 is 27.5 Å². The fraction of sp³-hybridized carbons (Fsp3) is 0.419. The second-order valence-electron chi connectivity index (χ2n) is 10.8. The SMILES string of the molecule is COCC[C@H](c1c(F)cc(F)cc1F)N1C[C@@H](C)N(C(=O)C(C)C)[C@@H](C(=O)NCc2ccc(-c3ncccn3)cc2)C1. The Morgan fingerprint density at radius 1 is 1.05 bits per heavy atom. The van der Waals surface area contributed by atoms with Crippen molar-refractivity contribution in [3.8, 4) is 11.4 Å². The average Bonchev–Trinajstić information content (AvgIpc) is 2.97. The van der Waals surface area contributed by atoms with Gasteiger partial charge in [0.2, 0.25) is 11.8 Å². The van der Waals surface area contributed by atoms with Gasteiger partial charge in [-0.25, -0.2) is 23.1 Å². The third-order valence-electron chi connectivity index (χ3n) is 7.43. The highest BCUT2D eigenvalue weighted by molar-refractivity contribution is 5.89. The van der Waals surface area contributed by atoms with E-state index in [4.69, 9.17) is 4.74 Å². The van der Waals surface area contributed by atoms with Gasteiger partial charge in [0.1, 0.15) is 23.5 Å². The van der Waals surface area contributed by atoms with Gasteiger partial charge in [-0.05, 0) is 25.0 Å². The van der Waals surface area contributed by atoms with Crippen LogP contribution in [0.2, 0.25) is 0 Å². The first-order chi connectivity index (χ1) is 20.1. The molecule has 42 heavy (non-hydrogen) atoms. The van der Waals surface area contributed by atoms with Crippen molar-refractivity contribution in [2.45, 2.75) is 51.9 Å². The van der Waals surface area contributed by atoms with Gasteiger partial charge in [0.05, 0.1) is 0 Å². The van der Waals surface area contributed by atoms with E-state index in [0.717, 1.165) is 11.1 Å². The Hall–Kier alpha value is -3.83. The van der Waals surface area contributed by atoms with E-state index in [0.29, 0.717) is 18.0 Å². The van der Waals surface area contributed by atoms with E-state index >= 15 is 0 Å². The first-order valence-electron chi connectivity index (χ1n) is 13.9. The topological polar surface area (TPSA) is 87.7 Å². The molecule has 224 valence electrons. The van der Waals surface area contributed by atoms with Crippen molar-refractivity contribution in [3.05, 3.63) is 83.4 Å². The van der Waals surface area contributed by atoms with Gasteiger partial charge < -0.3 is 15.0 Å². The smallest absolute Gasteiger partial charge is 0.244 e. The standard InChI is InChI=1S/C31H36F3N5O3/c1-19(2)31(41)39-20(3)17-38(26(10-13-42-4)28-24(33)14-23(32)15-25(28)34)18-27(39)30(40)37-16-21-6-8-22(9-7-21)29-35-11-5-12-36-29/h5-9,11-12,14-15,19-20,26-27H,10,13,16-18H2,1-4H3,(H,37,40)/t20-,26-,27-/m1/s1. The molecule has 4 rings (SSSR count). The number of nitrogens with zero attached hydrogens (tertiary/aromatic N) is 4. The fourth-order valence-electron chi connectivity index (χ4n) is 5.39. The van der Waals surface area contributed by atoms with Crippen LogP contribution in [0.15, 0.2) is 54.9 Å². The van der Waals surface area contributed by atoms with Crippen LogP contribution in [0.4, 0.5) is 13.2 Å². The number of carbonyl (C=O) groups excluding carboxylic acids is 2. The molecule has 1 saturated heterocycles. The molecule has 0 aliphatic carbocycles. The number of benzene rings is 2. The molecule has 2 amide bonds. The molecule has 0 saturated carbocycles. The van der Waals surface area contributed by atoms with E-state index in [-0.39, 0.29) is 56.0 Å². The monoisotopic (exact) mass is 583 g/mol. The number of carbonyl (C=O) groups is 2. The summed E-state index contributed by atoms with van der Waals surface area (Å²) in [5.74, 6) is -3.38. The fourth-order valence-corrected chi connectivity index (χ4v) is 5.39. The van der Waals surface area contributed by atoms with Crippen molar-refractivity contribution >= 4 is 11.8 Å². The molecule has 3 aromatic rings. The maximum absolute atomic E-state index is 15.0. The molecule has 1 aliphatic rings. The van der Waals surface area contributed by atoms with Gasteiger partial charge in [0, 0.05) is 87.0 Å². The van der Waals surface area contributed by atoms with Crippen molar-refractivity contribution in [2.24, 2.45) is 5.92 Å². The van der Waals surface area contributed by atoms with Crippen LogP contribution in [-0.2, 0) is 20.9 Å². The minimum atomic E-state index is -1.01. The van der Waals surface area contributed by atoms with Crippen LogP contribution >= 0.6 is 0 Å². The molecular formula is C31H36F3N5O3. The molecule has 0 bridgehead atoms. The first kappa shape index (κ1) is 31.1. The van der Waals surface area contributed by atoms with Crippen molar-refractivity contribution in [1.82, 2.24) is 25.1 Å². The number of aromatic nitrogens is 2. The Balaban J connectivity index is 1.57. The van der Waals surface area contributed by atoms with Crippen LogP contribution in [0.25, 0.3) is 11.4 Å². The zero-order valence-corrected chi connectivity index (χ0v) is 24.2. The summed E-state index contributed by atoms with van der Waals surface area (Å²) in [6.45, 7) is 6.01. The molecule has 3 atom stereocenters. The van der Waals surface area contributed by atoms with E-state index in [2.05, 4.69) is 15.3 Å². The average molecular weight is 584 g/mol. The predicted molar refractivity (Wildman–Crippen MR) is 151 cm³/mol. The highest BCUT2D eigenvalue weighted by Crippen LogP contribution is 2.33. The normalized spacial score (nSPS) is 18.2. The van der Waals surface area contributed by atoms with E-state index in [9.17, 15) is 22.8 Å². The molecule has 2 aromatic carbocycles. The lowest BCUT2D eigenvalue weighted by atomic mass is 9.95. The first-order valence-corrected chi connectivity index (χ1v) is 13.9. The number of rotatable bonds is 10. The minimum absolute atomic E-state index is 0.0313. The van der Waals surface area contributed by atoms with E-state index in [1.54, 1.807) is 42.1 Å².